The standard InChI is InChI=1S/C15H23BrN2O/c1-15(2,3)17-9-11-4-5-12(8-14(11)16)18-7-6-13(19)10-18/h4-5,8,13,17,19H,6-7,9-10H2,1-3H3. The summed E-state index contributed by atoms with van der Waals surface area (Å²) >= 11 is 3.65. The highest BCUT2D eigenvalue weighted by Gasteiger charge is 2.20. The zero-order valence-electron chi connectivity index (χ0n) is 11.9. The van der Waals surface area contributed by atoms with Gasteiger partial charge in [0, 0.05) is 35.3 Å². The van der Waals surface area contributed by atoms with Crippen LogP contribution in [0.3, 0.4) is 0 Å². The number of aliphatic hydroxyl groups excluding tert-OH is 1. The Morgan fingerprint density at radius 3 is 2.68 bits per heavy atom. The summed E-state index contributed by atoms with van der Waals surface area (Å²) in [5, 5.41) is 13.1. The highest BCUT2D eigenvalue weighted by atomic mass is 79.9. The smallest absolute Gasteiger partial charge is 0.0731 e. The van der Waals surface area contributed by atoms with Crippen LogP contribution in [-0.2, 0) is 6.54 Å². The van der Waals surface area contributed by atoms with E-state index in [1.54, 1.807) is 0 Å². The Labute approximate surface area is 124 Å². The van der Waals surface area contributed by atoms with Crippen molar-refractivity contribution in [1.29, 1.82) is 0 Å². The summed E-state index contributed by atoms with van der Waals surface area (Å²) in [7, 11) is 0. The molecule has 0 saturated carbocycles. The first-order valence-corrected chi connectivity index (χ1v) is 7.61. The van der Waals surface area contributed by atoms with Crippen LogP contribution in [0, 0.1) is 0 Å². The van der Waals surface area contributed by atoms with E-state index in [-0.39, 0.29) is 11.6 Å². The lowest BCUT2D eigenvalue weighted by molar-refractivity contribution is 0.198. The molecular weight excluding hydrogens is 304 g/mol. The Bertz CT molecular complexity index is 442. The topological polar surface area (TPSA) is 35.5 Å². The third kappa shape index (κ3) is 4.20. The van der Waals surface area contributed by atoms with Crippen LogP contribution in [0.4, 0.5) is 5.69 Å². The molecule has 1 aromatic carbocycles. The second-order valence-electron chi connectivity index (χ2n) is 6.27. The molecule has 4 heteroatoms. The number of aliphatic hydroxyl groups is 1. The number of hydrogen-bond acceptors (Lipinski definition) is 3. The molecule has 1 fully saturated rings. The van der Waals surface area contributed by atoms with E-state index in [0.29, 0.717) is 0 Å². The fourth-order valence-electron chi connectivity index (χ4n) is 2.21. The van der Waals surface area contributed by atoms with Crippen LogP contribution >= 0.6 is 15.9 Å². The van der Waals surface area contributed by atoms with E-state index >= 15 is 0 Å². The van der Waals surface area contributed by atoms with Crippen molar-refractivity contribution in [3.8, 4) is 0 Å². The molecule has 1 aliphatic heterocycles. The van der Waals surface area contributed by atoms with Crippen molar-refractivity contribution in [3.05, 3.63) is 28.2 Å². The van der Waals surface area contributed by atoms with Crippen LogP contribution in [0.2, 0.25) is 0 Å². The lowest BCUT2D eigenvalue weighted by Crippen LogP contribution is -2.35. The molecule has 0 radical (unpaired) electrons. The number of nitrogens with one attached hydrogen (secondary N) is 1. The number of β-amino-alcohol motifs (C(OH)–C–C–N with tert-alkyl or cyclic N) is 1. The molecule has 1 atom stereocenters. The van der Waals surface area contributed by atoms with Gasteiger partial charge in [0.25, 0.3) is 0 Å². The average Bonchev–Trinajstić information content (AvgIpc) is 2.73. The Morgan fingerprint density at radius 2 is 2.16 bits per heavy atom. The molecule has 0 spiro atoms. The SMILES string of the molecule is CC(C)(C)NCc1ccc(N2CCC(O)C2)cc1Br. The fourth-order valence-corrected chi connectivity index (χ4v) is 2.72. The Hall–Kier alpha value is -0.580. The molecule has 1 heterocycles. The zero-order chi connectivity index (χ0) is 14.0. The third-order valence-corrected chi connectivity index (χ3v) is 4.11. The molecule has 106 valence electrons. The van der Waals surface area contributed by atoms with E-state index in [1.807, 2.05) is 0 Å². The van der Waals surface area contributed by atoms with Crippen LogP contribution in [0.5, 0.6) is 0 Å². The molecule has 19 heavy (non-hydrogen) atoms. The second kappa shape index (κ2) is 5.81. The van der Waals surface area contributed by atoms with E-state index in [2.05, 4.69) is 65.1 Å². The predicted molar refractivity (Wildman–Crippen MR) is 83.6 cm³/mol. The number of anilines is 1. The van der Waals surface area contributed by atoms with Gasteiger partial charge in [-0.15, -0.1) is 0 Å². The summed E-state index contributed by atoms with van der Waals surface area (Å²) in [6.45, 7) is 9.04. The van der Waals surface area contributed by atoms with Crippen LogP contribution in [0.15, 0.2) is 22.7 Å². The fraction of sp³-hybridized carbons (Fsp3) is 0.600. The second-order valence-corrected chi connectivity index (χ2v) is 7.12. The summed E-state index contributed by atoms with van der Waals surface area (Å²) in [4.78, 5) is 2.23. The Kier molecular flexibility index (Phi) is 4.54. The summed E-state index contributed by atoms with van der Waals surface area (Å²) in [5.74, 6) is 0. The molecule has 2 rings (SSSR count). The van der Waals surface area contributed by atoms with E-state index in [9.17, 15) is 5.11 Å². The highest BCUT2D eigenvalue weighted by molar-refractivity contribution is 9.10. The Balaban J connectivity index is 2.05. The molecule has 0 bridgehead atoms. The van der Waals surface area contributed by atoms with Crippen LogP contribution in [0.1, 0.15) is 32.8 Å². The van der Waals surface area contributed by atoms with Gasteiger partial charge in [0.2, 0.25) is 0 Å². The third-order valence-electron chi connectivity index (χ3n) is 3.37. The number of halogens is 1. The summed E-state index contributed by atoms with van der Waals surface area (Å²) < 4.78 is 1.13. The van der Waals surface area contributed by atoms with Gasteiger partial charge in [-0.3, -0.25) is 0 Å². The molecule has 3 nitrogen and oxygen atoms in total. The van der Waals surface area contributed by atoms with Crippen molar-refractivity contribution in [3.63, 3.8) is 0 Å². The van der Waals surface area contributed by atoms with Gasteiger partial charge in [0.05, 0.1) is 6.10 Å². The molecule has 0 amide bonds. The monoisotopic (exact) mass is 326 g/mol. The zero-order valence-corrected chi connectivity index (χ0v) is 13.5. The van der Waals surface area contributed by atoms with Crippen molar-refractivity contribution in [2.24, 2.45) is 0 Å². The van der Waals surface area contributed by atoms with Crippen LogP contribution < -0.4 is 10.2 Å². The predicted octanol–water partition coefficient (Wildman–Crippen LogP) is 2.91. The minimum absolute atomic E-state index is 0.122. The maximum atomic E-state index is 9.60. The summed E-state index contributed by atoms with van der Waals surface area (Å²) in [5.41, 5.74) is 2.57. The maximum absolute atomic E-state index is 9.60. The van der Waals surface area contributed by atoms with Gasteiger partial charge in [-0.1, -0.05) is 22.0 Å². The van der Waals surface area contributed by atoms with Gasteiger partial charge in [-0.25, -0.2) is 0 Å². The van der Waals surface area contributed by atoms with Crippen molar-refractivity contribution in [2.75, 3.05) is 18.0 Å². The molecule has 1 aromatic rings. The largest absolute Gasteiger partial charge is 0.391 e. The van der Waals surface area contributed by atoms with Crippen LogP contribution in [-0.4, -0.2) is 29.8 Å². The van der Waals surface area contributed by atoms with E-state index in [1.165, 1.54) is 11.3 Å². The maximum Gasteiger partial charge on any atom is 0.0731 e. The first kappa shape index (κ1) is 14.8. The van der Waals surface area contributed by atoms with Crippen LogP contribution in [0.25, 0.3) is 0 Å². The minimum atomic E-state index is -0.180. The molecule has 1 saturated heterocycles. The number of hydrogen-bond donors (Lipinski definition) is 2. The van der Waals surface area contributed by atoms with Crippen molar-refractivity contribution >= 4 is 21.6 Å². The van der Waals surface area contributed by atoms with Crippen molar-refractivity contribution < 1.29 is 5.11 Å². The van der Waals surface area contributed by atoms with Gasteiger partial charge < -0.3 is 15.3 Å². The molecule has 1 aliphatic rings. The molecule has 2 N–H and O–H groups in total. The van der Waals surface area contributed by atoms with E-state index in [4.69, 9.17) is 0 Å². The number of benzene rings is 1. The molecule has 0 aliphatic carbocycles. The van der Waals surface area contributed by atoms with E-state index in [0.717, 1.165) is 30.5 Å². The van der Waals surface area contributed by atoms with E-state index < -0.39 is 0 Å². The van der Waals surface area contributed by atoms with Gasteiger partial charge >= 0.3 is 0 Å². The normalized spacial score (nSPS) is 20.1. The Morgan fingerprint density at radius 1 is 1.42 bits per heavy atom. The van der Waals surface area contributed by atoms with Crippen molar-refractivity contribution in [1.82, 2.24) is 5.32 Å². The van der Waals surface area contributed by atoms with Gasteiger partial charge in [0.1, 0.15) is 0 Å². The summed E-state index contributed by atoms with van der Waals surface area (Å²) in [6.07, 6.45) is 0.686. The minimum Gasteiger partial charge on any atom is -0.391 e. The number of nitrogens with zero attached hydrogens (tertiary/aromatic N) is 1. The highest BCUT2D eigenvalue weighted by Crippen LogP contribution is 2.27. The first-order chi connectivity index (χ1) is 8.85. The summed E-state index contributed by atoms with van der Waals surface area (Å²) in [6, 6.07) is 6.45. The quantitative estimate of drug-likeness (QED) is 0.896. The molecule has 1 unspecified atom stereocenters. The average molecular weight is 327 g/mol. The first-order valence-electron chi connectivity index (χ1n) is 6.81. The van der Waals surface area contributed by atoms with Gasteiger partial charge in [-0.05, 0) is 44.9 Å². The van der Waals surface area contributed by atoms with Gasteiger partial charge in [-0.2, -0.15) is 0 Å². The molecular formula is C15H23BrN2O. The lowest BCUT2D eigenvalue weighted by Gasteiger charge is -2.22. The number of rotatable bonds is 3. The van der Waals surface area contributed by atoms with Crippen molar-refractivity contribution in [2.45, 2.75) is 45.4 Å². The lowest BCUT2D eigenvalue weighted by atomic mass is 10.1. The van der Waals surface area contributed by atoms with Gasteiger partial charge in [0.15, 0.2) is 0 Å². The molecule has 0 aromatic heterocycles.